The van der Waals surface area contributed by atoms with Crippen LogP contribution in [0.2, 0.25) is 0 Å². The van der Waals surface area contributed by atoms with Crippen molar-refractivity contribution in [3.8, 4) is 11.5 Å². The Labute approximate surface area is 111 Å². The topological polar surface area (TPSA) is 50.7 Å². The van der Waals surface area contributed by atoms with E-state index in [1.807, 2.05) is 54.6 Å². The Bertz CT molecular complexity index is 562. The molecule has 1 N–H and O–H groups in total. The van der Waals surface area contributed by atoms with Gasteiger partial charge in [-0.15, -0.1) is 0 Å². The van der Waals surface area contributed by atoms with Crippen LogP contribution in [0.25, 0.3) is 0 Å². The van der Waals surface area contributed by atoms with Crippen molar-refractivity contribution in [1.82, 2.24) is 5.43 Å². The first-order valence-corrected chi connectivity index (χ1v) is 5.86. The average Bonchev–Trinajstić information content (AvgIpc) is 2.42. The van der Waals surface area contributed by atoms with E-state index >= 15 is 0 Å². The quantitative estimate of drug-likeness (QED) is 0.673. The molecule has 0 radical (unpaired) electrons. The van der Waals surface area contributed by atoms with E-state index in [-0.39, 0.29) is 5.91 Å². The molecule has 0 saturated carbocycles. The van der Waals surface area contributed by atoms with E-state index in [1.54, 1.807) is 6.21 Å². The van der Waals surface area contributed by atoms with Crippen LogP contribution in [0.1, 0.15) is 12.5 Å². The molecule has 0 heterocycles. The third-order valence-electron chi connectivity index (χ3n) is 2.29. The van der Waals surface area contributed by atoms with E-state index in [0.29, 0.717) is 0 Å². The number of nitrogens with zero attached hydrogens (tertiary/aromatic N) is 1. The summed E-state index contributed by atoms with van der Waals surface area (Å²) in [6.45, 7) is 1.41. The van der Waals surface area contributed by atoms with Crippen LogP contribution in [0, 0.1) is 0 Å². The lowest BCUT2D eigenvalue weighted by atomic mass is 10.2. The minimum atomic E-state index is -0.194. The van der Waals surface area contributed by atoms with Crippen molar-refractivity contribution in [2.24, 2.45) is 5.10 Å². The Hall–Kier alpha value is -2.62. The molecule has 2 aromatic carbocycles. The first-order chi connectivity index (χ1) is 9.24. The highest BCUT2D eigenvalue weighted by Crippen LogP contribution is 2.20. The van der Waals surface area contributed by atoms with Gasteiger partial charge < -0.3 is 4.74 Å². The van der Waals surface area contributed by atoms with Crippen molar-refractivity contribution >= 4 is 12.1 Å². The van der Waals surface area contributed by atoms with Crippen molar-refractivity contribution in [3.63, 3.8) is 0 Å². The summed E-state index contributed by atoms with van der Waals surface area (Å²) in [6, 6.07) is 17.0. The lowest BCUT2D eigenvalue weighted by Crippen LogP contribution is -2.12. The maximum Gasteiger partial charge on any atom is 0.236 e. The van der Waals surface area contributed by atoms with E-state index in [0.717, 1.165) is 17.1 Å². The summed E-state index contributed by atoms with van der Waals surface area (Å²) in [5.74, 6) is 1.35. The summed E-state index contributed by atoms with van der Waals surface area (Å²) in [6.07, 6.45) is 1.58. The molecule has 0 fully saturated rings. The second kappa shape index (κ2) is 6.35. The highest BCUT2D eigenvalue weighted by molar-refractivity contribution is 5.81. The largest absolute Gasteiger partial charge is 0.457 e. The molecule has 0 aliphatic rings. The monoisotopic (exact) mass is 254 g/mol. The number of hydrogen-bond acceptors (Lipinski definition) is 3. The number of ether oxygens (including phenoxy) is 1. The van der Waals surface area contributed by atoms with E-state index < -0.39 is 0 Å². The maximum atomic E-state index is 10.6. The Balaban J connectivity index is 1.98. The number of para-hydroxylation sites is 1. The number of hydrazone groups is 1. The minimum absolute atomic E-state index is 0.194. The number of amides is 1. The van der Waals surface area contributed by atoms with E-state index in [2.05, 4.69) is 10.5 Å². The minimum Gasteiger partial charge on any atom is -0.457 e. The first-order valence-electron chi connectivity index (χ1n) is 5.86. The predicted molar refractivity (Wildman–Crippen MR) is 74.4 cm³/mol. The lowest BCUT2D eigenvalue weighted by molar-refractivity contribution is -0.118. The number of carbonyl (C=O) groups excluding carboxylic acids is 1. The van der Waals surface area contributed by atoms with E-state index in [1.165, 1.54) is 6.92 Å². The van der Waals surface area contributed by atoms with Crippen LogP contribution in [0.15, 0.2) is 59.7 Å². The van der Waals surface area contributed by atoms with Crippen LogP contribution in [-0.2, 0) is 4.79 Å². The molecule has 4 heteroatoms. The highest BCUT2D eigenvalue weighted by Gasteiger charge is 1.96. The zero-order valence-corrected chi connectivity index (χ0v) is 10.5. The summed E-state index contributed by atoms with van der Waals surface area (Å²) < 4.78 is 5.66. The Morgan fingerprint density at radius 1 is 1.05 bits per heavy atom. The molecule has 1 amide bonds. The molecule has 0 bridgehead atoms. The van der Waals surface area contributed by atoms with Crippen molar-refractivity contribution in [3.05, 3.63) is 60.2 Å². The normalized spacial score (nSPS) is 10.4. The van der Waals surface area contributed by atoms with Crippen LogP contribution in [0.5, 0.6) is 11.5 Å². The number of carbonyl (C=O) groups is 1. The molecular formula is C15H14N2O2. The molecule has 0 atom stereocenters. The van der Waals surface area contributed by atoms with Gasteiger partial charge in [0.25, 0.3) is 0 Å². The summed E-state index contributed by atoms with van der Waals surface area (Å²) in [5, 5.41) is 3.79. The number of benzene rings is 2. The molecule has 0 spiro atoms. The van der Waals surface area contributed by atoms with Gasteiger partial charge in [0.2, 0.25) is 5.91 Å². The number of nitrogens with one attached hydrogen (secondary N) is 1. The summed E-state index contributed by atoms with van der Waals surface area (Å²) in [4.78, 5) is 10.6. The first kappa shape index (κ1) is 12.8. The van der Waals surface area contributed by atoms with Gasteiger partial charge in [0, 0.05) is 6.92 Å². The Morgan fingerprint density at radius 2 is 1.68 bits per heavy atom. The fourth-order valence-corrected chi connectivity index (χ4v) is 1.44. The Morgan fingerprint density at radius 3 is 2.32 bits per heavy atom. The SMILES string of the molecule is CC(=O)N/N=C\c1ccc(Oc2ccccc2)cc1. The third kappa shape index (κ3) is 4.27. The molecule has 4 nitrogen and oxygen atoms in total. The van der Waals surface area contributed by atoms with Gasteiger partial charge in [0.1, 0.15) is 11.5 Å². The van der Waals surface area contributed by atoms with Gasteiger partial charge in [-0.2, -0.15) is 5.10 Å². The van der Waals surface area contributed by atoms with Crippen LogP contribution >= 0.6 is 0 Å². The molecule has 0 aliphatic heterocycles. The maximum absolute atomic E-state index is 10.6. The average molecular weight is 254 g/mol. The number of hydrogen-bond donors (Lipinski definition) is 1. The van der Waals surface area contributed by atoms with Crippen LogP contribution in [0.4, 0.5) is 0 Å². The second-order valence-corrected chi connectivity index (χ2v) is 3.91. The van der Waals surface area contributed by atoms with Gasteiger partial charge >= 0.3 is 0 Å². The fraction of sp³-hybridized carbons (Fsp3) is 0.0667. The van der Waals surface area contributed by atoms with Gasteiger partial charge in [0.05, 0.1) is 6.21 Å². The molecular weight excluding hydrogens is 240 g/mol. The smallest absolute Gasteiger partial charge is 0.236 e. The van der Waals surface area contributed by atoms with Crippen LogP contribution in [-0.4, -0.2) is 12.1 Å². The molecule has 2 rings (SSSR count). The van der Waals surface area contributed by atoms with Gasteiger partial charge in [-0.05, 0) is 42.0 Å². The molecule has 0 unspecified atom stereocenters. The number of rotatable bonds is 4. The van der Waals surface area contributed by atoms with Crippen LogP contribution < -0.4 is 10.2 Å². The zero-order valence-electron chi connectivity index (χ0n) is 10.5. The van der Waals surface area contributed by atoms with E-state index in [4.69, 9.17) is 4.74 Å². The van der Waals surface area contributed by atoms with Gasteiger partial charge in [-0.25, -0.2) is 5.43 Å². The van der Waals surface area contributed by atoms with Crippen LogP contribution in [0.3, 0.4) is 0 Å². The third-order valence-corrected chi connectivity index (χ3v) is 2.29. The van der Waals surface area contributed by atoms with Crippen molar-refractivity contribution < 1.29 is 9.53 Å². The summed E-state index contributed by atoms with van der Waals surface area (Å²) >= 11 is 0. The molecule has 0 saturated heterocycles. The van der Waals surface area contributed by atoms with Crippen molar-refractivity contribution in [2.45, 2.75) is 6.92 Å². The van der Waals surface area contributed by atoms with Gasteiger partial charge in [0.15, 0.2) is 0 Å². The van der Waals surface area contributed by atoms with Crippen molar-refractivity contribution in [2.75, 3.05) is 0 Å². The highest BCUT2D eigenvalue weighted by atomic mass is 16.5. The molecule has 0 aromatic heterocycles. The fourth-order valence-electron chi connectivity index (χ4n) is 1.44. The predicted octanol–water partition coefficient (Wildman–Crippen LogP) is 2.95. The lowest BCUT2D eigenvalue weighted by Gasteiger charge is -2.05. The molecule has 96 valence electrons. The van der Waals surface area contributed by atoms with E-state index in [9.17, 15) is 4.79 Å². The van der Waals surface area contributed by atoms with Gasteiger partial charge in [-0.1, -0.05) is 18.2 Å². The van der Waals surface area contributed by atoms with Crippen molar-refractivity contribution in [1.29, 1.82) is 0 Å². The van der Waals surface area contributed by atoms with Gasteiger partial charge in [-0.3, -0.25) is 4.79 Å². The summed E-state index contributed by atoms with van der Waals surface area (Å²) in [7, 11) is 0. The molecule has 0 aliphatic carbocycles. The molecule has 2 aromatic rings. The zero-order chi connectivity index (χ0) is 13.5. The summed E-state index contributed by atoms with van der Waals surface area (Å²) in [5.41, 5.74) is 3.23. The standard InChI is InChI=1S/C15H14N2O2/c1-12(18)17-16-11-13-7-9-15(10-8-13)19-14-5-3-2-4-6-14/h2-11H,1H3,(H,17,18)/b16-11-. The Kier molecular flexibility index (Phi) is 4.29. The molecule has 19 heavy (non-hydrogen) atoms. The second-order valence-electron chi connectivity index (χ2n) is 3.91.